The molecule has 1 aliphatic heterocycles. The Morgan fingerprint density at radius 1 is 1.31 bits per heavy atom. The van der Waals surface area contributed by atoms with Gasteiger partial charge in [0, 0.05) is 6.54 Å². The number of likely N-dealkylation sites (tertiary alicyclic amines) is 1. The molecule has 3 heteroatoms. The summed E-state index contributed by atoms with van der Waals surface area (Å²) in [5, 5.41) is 12.8. The third kappa shape index (κ3) is 4.04. The second-order valence-electron chi connectivity index (χ2n) is 6.19. The van der Waals surface area contributed by atoms with E-state index in [0.29, 0.717) is 5.41 Å². The first kappa shape index (κ1) is 13.9. The molecule has 1 aliphatic rings. The molecule has 0 amide bonds. The SMILES string of the molecule is CCNC(C)(CO)CN1CCC(C)(C)CC1. The quantitative estimate of drug-likeness (QED) is 0.748. The highest BCUT2D eigenvalue weighted by Gasteiger charge is 2.30. The molecule has 0 bridgehead atoms. The molecule has 1 rings (SSSR count). The molecule has 2 N–H and O–H groups in total. The van der Waals surface area contributed by atoms with Gasteiger partial charge in [-0.05, 0) is 44.8 Å². The summed E-state index contributed by atoms with van der Waals surface area (Å²) >= 11 is 0. The van der Waals surface area contributed by atoms with Crippen LogP contribution >= 0.6 is 0 Å². The number of nitrogens with one attached hydrogen (secondary N) is 1. The minimum Gasteiger partial charge on any atom is -0.394 e. The second kappa shape index (κ2) is 5.48. The standard InChI is InChI=1S/C13H28N2O/c1-5-14-13(4,11-16)10-15-8-6-12(2,3)7-9-15/h14,16H,5-11H2,1-4H3. The molecular formula is C13H28N2O. The van der Waals surface area contributed by atoms with E-state index in [0.717, 1.165) is 26.2 Å². The normalized spacial score (nSPS) is 25.3. The maximum atomic E-state index is 9.46. The molecule has 3 nitrogen and oxygen atoms in total. The van der Waals surface area contributed by atoms with E-state index in [1.165, 1.54) is 12.8 Å². The smallest absolute Gasteiger partial charge is 0.0623 e. The Kier molecular flexibility index (Phi) is 4.77. The van der Waals surface area contributed by atoms with E-state index >= 15 is 0 Å². The molecule has 0 aromatic heterocycles. The van der Waals surface area contributed by atoms with Gasteiger partial charge in [0.1, 0.15) is 0 Å². The van der Waals surface area contributed by atoms with Gasteiger partial charge in [-0.2, -0.15) is 0 Å². The predicted molar refractivity (Wildman–Crippen MR) is 68.6 cm³/mol. The molecule has 0 aromatic carbocycles. The number of aliphatic hydroxyl groups is 1. The third-order valence-electron chi connectivity index (χ3n) is 3.73. The summed E-state index contributed by atoms with van der Waals surface area (Å²) in [7, 11) is 0. The molecule has 96 valence electrons. The van der Waals surface area contributed by atoms with Crippen molar-refractivity contribution in [3.8, 4) is 0 Å². The first-order chi connectivity index (χ1) is 7.41. The van der Waals surface area contributed by atoms with E-state index in [-0.39, 0.29) is 12.1 Å². The van der Waals surface area contributed by atoms with Crippen LogP contribution < -0.4 is 5.32 Å². The summed E-state index contributed by atoms with van der Waals surface area (Å²) < 4.78 is 0. The van der Waals surface area contributed by atoms with E-state index in [4.69, 9.17) is 0 Å². The minimum absolute atomic E-state index is 0.143. The van der Waals surface area contributed by atoms with Crippen molar-refractivity contribution in [1.29, 1.82) is 0 Å². The second-order valence-corrected chi connectivity index (χ2v) is 6.19. The summed E-state index contributed by atoms with van der Waals surface area (Å²) in [6.07, 6.45) is 2.53. The van der Waals surface area contributed by atoms with Crippen LogP contribution in [0.3, 0.4) is 0 Å². The van der Waals surface area contributed by atoms with Crippen LogP contribution in [0.1, 0.15) is 40.5 Å². The predicted octanol–water partition coefficient (Wildman–Crippen LogP) is 1.47. The monoisotopic (exact) mass is 228 g/mol. The maximum Gasteiger partial charge on any atom is 0.0623 e. The van der Waals surface area contributed by atoms with E-state index in [9.17, 15) is 5.11 Å². The van der Waals surface area contributed by atoms with Gasteiger partial charge in [-0.1, -0.05) is 20.8 Å². The summed E-state index contributed by atoms with van der Waals surface area (Å²) in [5.74, 6) is 0. The molecule has 0 aromatic rings. The average molecular weight is 228 g/mol. The number of likely N-dealkylation sites (N-methyl/N-ethyl adjacent to an activating group) is 1. The van der Waals surface area contributed by atoms with Crippen LogP contribution in [0.4, 0.5) is 0 Å². The van der Waals surface area contributed by atoms with E-state index in [2.05, 4.69) is 37.9 Å². The number of hydrogen-bond acceptors (Lipinski definition) is 3. The fourth-order valence-electron chi connectivity index (χ4n) is 2.40. The average Bonchev–Trinajstić information content (AvgIpc) is 2.22. The lowest BCUT2D eigenvalue weighted by atomic mass is 9.82. The summed E-state index contributed by atoms with van der Waals surface area (Å²) in [6, 6.07) is 0. The summed E-state index contributed by atoms with van der Waals surface area (Å²) in [6.45, 7) is 13.3. The molecular weight excluding hydrogens is 200 g/mol. The van der Waals surface area contributed by atoms with Crippen molar-refractivity contribution >= 4 is 0 Å². The highest BCUT2D eigenvalue weighted by molar-refractivity contribution is 4.88. The number of nitrogens with zero attached hydrogens (tertiary/aromatic N) is 1. The van der Waals surface area contributed by atoms with Crippen molar-refractivity contribution < 1.29 is 5.11 Å². The Balaban J connectivity index is 2.42. The van der Waals surface area contributed by atoms with Gasteiger partial charge in [0.15, 0.2) is 0 Å². The molecule has 1 unspecified atom stereocenters. The van der Waals surface area contributed by atoms with Gasteiger partial charge in [0.2, 0.25) is 0 Å². The van der Waals surface area contributed by atoms with Crippen molar-refractivity contribution in [3.05, 3.63) is 0 Å². The summed E-state index contributed by atoms with van der Waals surface area (Å²) in [5.41, 5.74) is 0.362. The fourth-order valence-corrected chi connectivity index (χ4v) is 2.40. The van der Waals surface area contributed by atoms with Crippen molar-refractivity contribution in [2.24, 2.45) is 5.41 Å². The Morgan fingerprint density at radius 2 is 1.88 bits per heavy atom. The lowest BCUT2D eigenvalue weighted by Crippen LogP contribution is -2.55. The van der Waals surface area contributed by atoms with E-state index < -0.39 is 0 Å². The number of hydrogen-bond donors (Lipinski definition) is 2. The minimum atomic E-state index is -0.143. The third-order valence-corrected chi connectivity index (χ3v) is 3.73. The summed E-state index contributed by atoms with van der Waals surface area (Å²) in [4.78, 5) is 2.48. The highest BCUT2D eigenvalue weighted by atomic mass is 16.3. The van der Waals surface area contributed by atoms with Gasteiger partial charge >= 0.3 is 0 Å². The van der Waals surface area contributed by atoms with E-state index in [1.807, 2.05) is 0 Å². The van der Waals surface area contributed by atoms with Crippen LogP contribution in [0.5, 0.6) is 0 Å². The zero-order valence-corrected chi connectivity index (χ0v) is 11.3. The molecule has 16 heavy (non-hydrogen) atoms. The van der Waals surface area contributed by atoms with Crippen molar-refractivity contribution in [1.82, 2.24) is 10.2 Å². The molecule has 1 atom stereocenters. The van der Waals surface area contributed by atoms with Crippen LogP contribution in [0, 0.1) is 5.41 Å². The van der Waals surface area contributed by atoms with Gasteiger partial charge in [-0.3, -0.25) is 0 Å². The largest absolute Gasteiger partial charge is 0.394 e. The van der Waals surface area contributed by atoms with Gasteiger partial charge in [-0.15, -0.1) is 0 Å². The van der Waals surface area contributed by atoms with Crippen LogP contribution in [0.15, 0.2) is 0 Å². The molecule has 0 saturated carbocycles. The van der Waals surface area contributed by atoms with Crippen LogP contribution in [0.25, 0.3) is 0 Å². The van der Waals surface area contributed by atoms with Crippen LogP contribution in [0.2, 0.25) is 0 Å². The highest BCUT2D eigenvalue weighted by Crippen LogP contribution is 2.30. The zero-order valence-electron chi connectivity index (χ0n) is 11.3. The van der Waals surface area contributed by atoms with Gasteiger partial charge in [0.05, 0.1) is 12.1 Å². The fraction of sp³-hybridized carbons (Fsp3) is 1.00. The lowest BCUT2D eigenvalue weighted by molar-refractivity contribution is 0.0774. The molecule has 1 saturated heterocycles. The topological polar surface area (TPSA) is 35.5 Å². The van der Waals surface area contributed by atoms with Crippen LogP contribution in [-0.2, 0) is 0 Å². The lowest BCUT2D eigenvalue weighted by Gasteiger charge is -2.41. The molecule has 1 fully saturated rings. The number of piperidine rings is 1. The van der Waals surface area contributed by atoms with Crippen molar-refractivity contribution in [2.45, 2.75) is 46.1 Å². The molecule has 0 aliphatic carbocycles. The number of aliphatic hydroxyl groups excluding tert-OH is 1. The van der Waals surface area contributed by atoms with Crippen molar-refractivity contribution in [2.75, 3.05) is 32.8 Å². The Bertz CT molecular complexity index is 208. The van der Waals surface area contributed by atoms with E-state index in [1.54, 1.807) is 0 Å². The first-order valence-electron chi connectivity index (χ1n) is 6.49. The Labute approximate surface area is 100 Å². The Morgan fingerprint density at radius 3 is 2.31 bits per heavy atom. The Hall–Kier alpha value is -0.120. The maximum absolute atomic E-state index is 9.46. The molecule has 0 spiro atoms. The van der Waals surface area contributed by atoms with Crippen LogP contribution in [-0.4, -0.2) is 48.3 Å². The zero-order chi connectivity index (χ0) is 12.2. The van der Waals surface area contributed by atoms with Gasteiger partial charge < -0.3 is 15.3 Å². The van der Waals surface area contributed by atoms with Crippen molar-refractivity contribution in [3.63, 3.8) is 0 Å². The molecule has 1 heterocycles. The van der Waals surface area contributed by atoms with Gasteiger partial charge in [0.25, 0.3) is 0 Å². The number of rotatable bonds is 5. The first-order valence-corrected chi connectivity index (χ1v) is 6.49. The molecule has 0 radical (unpaired) electrons. The van der Waals surface area contributed by atoms with Gasteiger partial charge in [-0.25, -0.2) is 0 Å².